The third-order valence-corrected chi connectivity index (χ3v) is 1.68. The fourth-order valence-corrected chi connectivity index (χ4v) is 1.07. The van der Waals surface area contributed by atoms with Gasteiger partial charge in [-0.05, 0) is 6.07 Å². The zero-order chi connectivity index (χ0) is 10.1. The van der Waals surface area contributed by atoms with Crippen LogP contribution >= 0.6 is 11.6 Å². The topological polar surface area (TPSA) is 38.9 Å². The number of halogens is 4. The van der Waals surface area contributed by atoms with Crippen molar-refractivity contribution in [2.45, 2.75) is 12.1 Å². The first kappa shape index (κ1) is 10.1. The van der Waals surface area contributed by atoms with Gasteiger partial charge in [0.25, 0.3) is 0 Å². The van der Waals surface area contributed by atoms with Crippen LogP contribution in [0.5, 0.6) is 0 Å². The summed E-state index contributed by atoms with van der Waals surface area (Å²) in [7, 11) is 0. The molecule has 0 bridgehead atoms. The van der Waals surface area contributed by atoms with E-state index in [1.807, 2.05) is 0 Å². The number of alkyl halides is 4. The van der Waals surface area contributed by atoms with Crippen LogP contribution in [0.1, 0.15) is 11.3 Å². The van der Waals surface area contributed by atoms with Crippen molar-refractivity contribution in [2.24, 2.45) is 0 Å². The van der Waals surface area contributed by atoms with E-state index >= 15 is 0 Å². The van der Waals surface area contributed by atoms with E-state index in [1.54, 1.807) is 0 Å². The summed E-state index contributed by atoms with van der Waals surface area (Å²) in [5, 5.41) is 0. The molecule has 0 aliphatic rings. The van der Waals surface area contributed by atoms with Crippen molar-refractivity contribution in [2.75, 3.05) is 5.73 Å². The highest BCUT2D eigenvalue weighted by atomic mass is 35.5. The van der Waals surface area contributed by atoms with Crippen LogP contribution in [0.3, 0.4) is 0 Å². The van der Waals surface area contributed by atoms with Gasteiger partial charge in [-0.3, -0.25) is 4.98 Å². The molecule has 2 nitrogen and oxygen atoms in total. The second kappa shape index (κ2) is 3.41. The van der Waals surface area contributed by atoms with Crippen molar-refractivity contribution in [3.63, 3.8) is 0 Å². The van der Waals surface area contributed by atoms with Gasteiger partial charge in [0.1, 0.15) is 0 Å². The number of nitrogens with zero attached hydrogens (tertiary/aromatic N) is 1. The second-order valence-electron chi connectivity index (χ2n) is 2.39. The molecule has 1 aromatic rings. The van der Waals surface area contributed by atoms with Crippen molar-refractivity contribution in [1.29, 1.82) is 0 Å². The first-order valence-corrected chi connectivity index (χ1v) is 3.86. The highest BCUT2D eigenvalue weighted by Gasteiger charge is 2.33. The fraction of sp³-hybridized carbons (Fsp3) is 0.286. The summed E-state index contributed by atoms with van der Waals surface area (Å²) in [5.41, 5.74) is 4.07. The molecule has 0 aliphatic heterocycles. The molecule has 0 atom stereocenters. The van der Waals surface area contributed by atoms with Crippen molar-refractivity contribution in [1.82, 2.24) is 4.98 Å². The Balaban J connectivity index is 3.24. The molecule has 1 aromatic heterocycles. The van der Waals surface area contributed by atoms with Crippen LogP contribution in [-0.2, 0) is 12.1 Å². The van der Waals surface area contributed by atoms with Crippen LogP contribution in [-0.4, -0.2) is 4.98 Å². The molecular weight excluding hydrogens is 205 g/mol. The van der Waals surface area contributed by atoms with E-state index in [1.165, 1.54) is 0 Å². The molecule has 2 N–H and O–H groups in total. The van der Waals surface area contributed by atoms with Gasteiger partial charge in [-0.25, -0.2) is 0 Å². The Kier molecular flexibility index (Phi) is 2.66. The SMILES string of the molecule is Nc1cnc(CCl)c(C(F)(F)F)c1. The molecule has 0 fully saturated rings. The van der Waals surface area contributed by atoms with Gasteiger partial charge in [0.15, 0.2) is 0 Å². The normalized spacial score (nSPS) is 11.7. The maximum atomic E-state index is 12.3. The van der Waals surface area contributed by atoms with E-state index in [4.69, 9.17) is 17.3 Å². The van der Waals surface area contributed by atoms with Crippen molar-refractivity contribution in [3.8, 4) is 0 Å². The number of hydrogen-bond acceptors (Lipinski definition) is 2. The monoisotopic (exact) mass is 210 g/mol. The lowest BCUT2D eigenvalue weighted by Crippen LogP contribution is -2.10. The zero-order valence-electron chi connectivity index (χ0n) is 6.40. The molecule has 72 valence electrons. The Morgan fingerprint density at radius 3 is 2.54 bits per heavy atom. The van der Waals surface area contributed by atoms with E-state index < -0.39 is 11.7 Å². The quantitative estimate of drug-likeness (QED) is 0.723. The molecule has 1 rings (SSSR count). The molecule has 0 saturated carbocycles. The minimum atomic E-state index is -4.45. The summed E-state index contributed by atoms with van der Waals surface area (Å²) in [5.74, 6) is -0.283. The standard InChI is InChI=1S/C7H6ClF3N2/c8-2-6-5(7(9,10)11)1-4(12)3-13-6/h1,3H,2,12H2. The Hall–Kier alpha value is -0.970. The molecule has 0 spiro atoms. The van der Waals surface area contributed by atoms with Crippen LogP contribution in [0.25, 0.3) is 0 Å². The average molecular weight is 211 g/mol. The summed E-state index contributed by atoms with van der Waals surface area (Å²) in [6.07, 6.45) is -3.31. The van der Waals surface area contributed by atoms with E-state index in [-0.39, 0.29) is 17.3 Å². The largest absolute Gasteiger partial charge is 0.418 e. The fourth-order valence-electron chi connectivity index (χ4n) is 0.861. The molecule has 0 unspecified atom stereocenters. The lowest BCUT2D eigenvalue weighted by molar-refractivity contribution is -0.138. The van der Waals surface area contributed by atoms with Crippen molar-refractivity contribution < 1.29 is 13.2 Å². The Morgan fingerprint density at radius 1 is 1.46 bits per heavy atom. The summed E-state index contributed by atoms with van der Waals surface area (Å²) in [6.45, 7) is 0. The highest BCUT2D eigenvalue weighted by molar-refractivity contribution is 6.17. The van der Waals surface area contributed by atoms with Crippen molar-refractivity contribution in [3.05, 3.63) is 23.5 Å². The van der Waals surface area contributed by atoms with Gasteiger partial charge < -0.3 is 5.73 Å². The number of pyridine rings is 1. The van der Waals surface area contributed by atoms with Gasteiger partial charge in [-0.2, -0.15) is 13.2 Å². The van der Waals surface area contributed by atoms with E-state index in [0.717, 1.165) is 12.3 Å². The number of anilines is 1. The summed E-state index contributed by atoms with van der Waals surface area (Å²) >= 11 is 5.29. The average Bonchev–Trinajstić information content (AvgIpc) is 2.03. The third-order valence-electron chi connectivity index (χ3n) is 1.42. The van der Waals surface area contributed by atoms with Crippen LogP contribution < -0.4 is 5.73 Å². The molecule has 0 radical (unpaired) electrons. The molecule has 13 heavy (non-hydrogen) atoms. The van der Waals surface area contributed by atoms with Gasteiger partial charge in [0.05, 0.1) is 29.0 Å². The first-order valence-electron chi connectivity index (χ1n) is 3.32. The molecule has 6 heteroatoms. The maximum Gasteiger partial charge on any atom is 0.418 e. The summed E-state index contributed by atoms with van der Waals surface area (Å²) < 4.78 is 36.8. The predicted molar refractivity (Wildman–Crippen MR) is 43.2 cm³/mol. The van der Waals surface area contributed by atoms with Gasteiger partial charge in [-0.15, -0.1) is 11.6 Å². The predicted octanol–water partition coefficient (Wildman–Crippen LogP) is 2.42. The van der Waals surface area contributed by atoms with Gasteiger partial charge in [-0.1, -0.05) is 0 Å². The summed E-state index contributed by atoms with van der Waals surface area (Å²) in [6, 6.07) is 0.824. The number of aromatic nitrogens is 1. The zero-order valence-corrected chi connectivity index (χ0v) is 7.15. The lowest BCUT2D eigenvalue weighted by atomic mass is 10.2. The number of nitrogen functional groups attached to an aromatic ring is 1. The lowest BCUT2D eigenvalue weighted by Gasteiger charge is -2.10. The minimum Gasteiger partial charge on any atom is -0.397 e. The molecule has 0 saturated heterocycles. The van der Waals surface area contributed by atoms with Crippen molar-refractivity contribution >= 4 is 17.3 Å². The van der Waals surface area contributed by atoms with E-state index in [2.05, 4.69) is 4.98 Å². The Bertz CT molecular complexity index is 311. The van der Waals surface area contributed by atoms with E-state index in [0.29, 0.717) is 0 Å². The van der Waals surface area contributed by atoms with E-state index in [9.17, 15) is 13.2 Å². The van der Waals surface area contributed by atoms with Gasteiger partial charge >= 0.3 is 6.18 Å². The number of nitrogens with two attached hydrogens (primary N) is 1. The van der Waals surface area contributed by atoms with Crippen LogP contribution in [0.2, 0.25) is 0 Å². The second-order valence-corrected chi connectivity index (χ2v) is 2.66. The highest BCUT2D eigenvalue weighted by Crippen LogP contribution is 2.32. The number of rotatable bonds is 1. The maximum absolute atomic E-state index is 12.3. The Morgan fingerprint density at radius 2 is 2.08 bits per heavy atom. The minimum absolute atomic E-state index is 0.0267. The molecule has 0 aromatic carbocycles. The summed E-state index contributed by atoms with van der Waals surface area (Å²) in [4.78, 5) is 3.49. The molecular formula is C7H6ClF3N2. The smallest absolute Gasteiger partial charge is 0.397 e. The van der Waals surface area contributed by atoms with Gasteiger partial charge in [0.2, 0.25) is 0 Å². The van der Waals surface area contributed by atoms with Crippen LogP contribution in [0.15, 0.2) is 12.3 Å². The third kappa shape index (κ3) is 2.24. The van der Waals surface area contributed by atoms with Crippen LogP contribution in [0, 0.1) is 0 Å². The first-order chi connectivity index (χ1) is 5.95. The van der Waals surface area contributed by atoms with Crippen LogP contribution in [0.4, 0.5) is 18.9 Å². The molecule has 0 amide bonds. The molecule has 0 aliphatic carbocycles. The number of hydrogen-bond donors (Lipinski definition) is 1. The van der Waals surface area contributed by atoms with Gasteiger partial charge in [0, 0.05) is 0 Å². The Labute approximate surface area is 77.5 Å². The molecule has 1 heterocycles.